The van der Waals surface area contributed by atoms with Crippen LogP contribution in [0.25, 0.3) is 17.3 Å². The summed E-state index contributed by atoms with van der Waals surface area (Å²) >= 11 is 0. The highest BCUT2D eigenvalue weighted by Gasteiger charge is 2.24. The summed E-state index contributed by atoms with van der Waals surface area (Å²) in [4.78, 5) is 12.6. The quantitative estimate of drug-likeness (QED) is 0.535. The third kappa shape index (κ3) is 4.84. The average molecular weight is 438 g/mol. The molecule has 0 fully saturated rings. The van der Waals surface area contributed by atoms with Gasteiger partial charge in [-0.15, -0.1) is 0 Å². The first-order chi connectivity index (χ1) is 14.8. The fourth-order valence-electron chi connectivity index (χ4n) is 3.39. The fraction of sp³-hybridized carbons (Fsp3) is 0.250. The molecule has 0 spiro atoms. The van der Waals surface area contributed by atoms with Gasteiger partial charge in [-0.1, -0.05) is 62.9 Å². The second-order valence-electron chi connectivity index (χ2n) is 7.23. The summed E-state index contributed by atoms with van der Waals surface area (Å²) in [6, 6.07) is 16.0. The van der Waals surface area contributed by atoms with E-state index in [1.165, 1.54) is 15.1 Å². The monoisotopic (exact) mass is 437 g/mol. The highest BCUT2D eigenvalue weighted by molar-refractivity contribution is 7.89. The lowest BCUT2D eigenvalue weighted by Crippen LogP contribution is -2.31. The van der Waals surface area contributed by atoms with E-state index in [2.05, 4.69) is 11.7 Å². The van der Waals surface area contributed by atoms with Crippen molar-refractivity contribution in [2.45, 2.75) is 32.2 Å². The molecule has 1 heterocycles. The van der Waals surface area contributed by atoms with E-state index in [1.807, 2.05) is 44.2 Å². The predicted octanol–water partition coefficient (Wildman–Crippen LogP) is 3.94. The summed E-state index contributed by atoms with van der Waals surface area (Å²) in [7, 11) is -3.61. The van der Waals surface area contributed by atoms with Crippen molar-refractivity contribution in [3.63, 3.8) is 0 Å². The number of aromatic nitrogens is 2. The number of sulfonamides is 1. The molecule has 2 aromatic carbocycles. The zero-order valence-corrected chi connectivity index (χ0v) is 18.9. The highest BCUT2D eigenvalue weighted by Crippen LogP contribution is 2.26. The van der Waals surface area contributed by atoms with E-state index in [1.54, 1.807) is 31.2 Å². The van der Waals surface area contributed by atoms with E-state index >= 15 is 0 Å². The molecule has 0 amide bonds. The number of hydrogen-bond acceptors (Lipinski definition) is 4. The first kappa shape index (κ1) is 22.7. The molecule has 31 heavy (non-hydrogen) atoms. The Bertz CT molecular complexity index is 1240. The summed E-state index contributed by atoms with van der Waals surface area (Å²) in [5, 5.41) is 4.49. The van der Waals surface area contributed by atoms with Crippen LogP contribution in [-0.2, 0) is 16.6 Å². The molecule has 0 aliphatic heterocycles. The Morgan fingerprint density at radius 1 is 1.03 bits per heavy atom. The van der Waals surface area contributed by atoms with Crippen LogP contribution in [0.15, 0.2) is 70.9 Å². The van der Waals surface area contributed by atoms with E-state index in [0.29, 0.717) is 36.5 Å². The first-order valence-corrected chi connectivity index (χ1v) is 11.6. The van der Waals surface area contributed by atoms with Gasteiger partial charge in [0.15, 0.2) is 0 Å². The van der Waals surface area contributed by atoms with Crippen LogP contribution in [0.1, 0.15) is 30.5 Å². The summed E-state index contributed by atoms with van der Waals surface area (Å²) in [6.45, 7) is 10.3. The number of rotatable bonds is 8. The Hall–Kier alpha value is -3.03. The molecule has 0 aliphatic rings. The Labute approximate surface area is 183 Å². The van der Waals surface area contributed by atoms with Crippen LogP contribution < -0.4 is 5.56 Å². The largest absolute Gasteiger partial charge is 0.268 e. The lowest BCUT2D eigenvalue weighted by Gasteiger charge is -2.20. The van der Waals surface area contributed by atoms with Gasteiger partial charge in [0.05, 0.1) is 17.1 Å². The van der Waals surface area contributed by atoms with Gasteiger partial charge in [0.2, 0.25) is 10.0 Å². The second kappa shape index (κ2) is 9.41. The van der Waals surface area contributed by atoms with Crippen molar-refractivity contribution in [2.24, 2.45) is 0 Å². The van der Waals surface area contributed by atoms with E-state index in [4.69, 9.17) is 0 Å². The molecule has 0 aliphatic carbocycles. The Morgan fingerprint density at radius 2 is 1.71 bits per heavy atom. The molecule has 6 nitrogen and oxygen atoms in total. The van der Waals surface area contributed by atoms with Gasteiger partial charge in [-0.2, -0.15) is 9.40 Å². The molecule has 3 rings (SSSR count). The zero-order chi connectivity index (χ0) is 22.6. The van der Waals surface area contributed by atoms with Crippen LogP contribution >= 0.6 is 0 Å². The number of benzene rings is 2. The Kier molecular flexibility index (Phi) is 6.87. The summed E-state index contributed by atoms with van der Waals surface area (Å²) < 4.78 is 28.9. The predicted molar refractivity (Wildman–Crippen MR) is 124 cm³/mol. The van der Waals surface area contributed by atoms with Gasteiger partial charge in [-0.05, 0) is 35.7 Å². The van der Waals surface area contributed by atoms with Gasteiger partial charge in [-0.3, -0.25) is 4.79 Å². The van der Waals surface area contributed by atoms with Gasteiger partial charge in [0.1, 0.15) is 0 Å². The van der Waals surface area contributed by atoms with Crippen molar-refractivity contribution >= 4 is 16.1 Å². The van der Waals surface area contributed by atoms with Gasteiger partial charge < -0.3 is 0 Å². The summed E-state index contributed by atoms with van der Waals surface area (Å²) in [5.74, 6) is 0. The molecule has 162 valence electrons. The van der Waals surface area contributed by atoms with E-state index < -0.39 is 10.0 Å². The molecule has 0 N–H and O–H groups in total. The van der Waals surface area contributed by atoms with Crippen molar-refractivity contribution in [1.29, 1.82) is 0 Å². The number of nitrogens with zero attached hydrogens (tertiary/aromatic N) is 3. The first-order valence-electron chi connectivity index (χ1n) is 10.2. The van der Waals surface area contributed by atoms with Crippen molar-refractivity contribution < 1.29 is 8.42 Å². The lowest BCUT2D eigenvalue weighted by atomic mass is 10.1. The Morgan fingerprint density at radius 3 is 2.32 bits per heavy atom. The van der Waals surface area contributed by atoms with Gasteiger partial charge in [-0.25, -0.2) is 13.1 Å². The third-order valence-electron chi connectivity index (χ3n) is 5.22. The molecule has 0 atom stereocenters. The molecule has 0 bridgehead atoms. The topological polar surface area (TPSA) is 72.3 Å². The number of hydrogen-bond donors (Lipinski definition) is 0. The molecule has 0 saturated heterocycles. The number of aryl methyl sites for hydroxylation is 1. The maximum Gasteiger partial charge on any atom is 0.267 e. The summed E-state index contributed by atoms with van der Waals surface area (Å²) in [5.41, 5.74) is 3.57. The zero-order valence-electron chi connectivity index (χ0n) is 18.1. The van der Waals surface area contributed by atoms with Crippen LogP contribution in [0.2, 0.25) is 0 Å². The Balaban J connectivity index is 2.01. The normalized spacial score (nSPS) is 11.6. The van der Waals surface area contributed by atoms with Gasteiger partial charge in [0.25, 0.3) is 5.56 Å². The SMILES string of the molecule is C=Cc1ccc(Cn2nc(-c3ccc(C)c(S(=O)(=O)N(CC)CC)c3)ccc2=O)cc1. The minimum Gasteiger partial charge on any atom is -0.268 e. The van der Waals surface area contributed by atoms with Crippen LogP contribution in [-0.4, -0.2) is 35.6 Å². The van der Waals surface area contributed by atoms with Crippen molar-refractivity contribution in [1.82, 2.24) is 14.1 Å². The summed E-state index contributed by atoms with van der Waals surface area (Å²) in [6.07, 6.45) is 1.76. The fourth-order valence-corrected chi connectivity index (χ4v) is 5.10. The molecule has 0 radical (unpaired) electrons. The molecular weight excluding hydrogens is 410 g/mol. The van der Waals surface area contributed by atoms with E-state index in [-0.39, 0.29) is 10.5 Å². The van der Waals surface area contributed by atoms with Crippen LogP contribution in [0.3, 0.4) is 0 Å². The average Bonchev–Trinajstić information content (AvgIpc) is 2.76. The van der Waals surface area contributed by atoms with Gasteiger partial charge in [0, 0.05) is 24.7 Å². The van der Waals surface area contributed by atoms with Crippen LogP contribution in [0.5, 0.6) is 0 Å². The van der Waals surface area contributed by atoms with Crippen molar-refractivity contribution in [3.8, 4) is 11.3 Å². The molecule has 7 heteroatoms. The van der Waals surface area contributed by atoms with Crippen molar-refractivity contribution in [2.75, 3.05) is 13.1 Å². The maximum absolute atomic E-state index is 13.1. The van der Waals surface area contributed by atoms with E-state index in [9.17, 15) is 13.2 Å². The van der Waals surface area contributed by atoms with Crippen LogP contribution in [0, 0.1) is 6.92 Å². The highest BCUT2D eigenvalue weighted by atomic mass is 32.2. The van der Waals surface area contributed by atoms with E-state index in [0.717, 1.165) is 11.1 Å². The standard InChI is InChI=1S/C24H27N3O3S/c1-5-19-9-11-20(12-10-19)17-27-24(28)15-14-22(25-27)21-13-8-18(4)23(16-21)31(29,30)26(6-2)7-3/h5,8-16H,1,6-7,17H2,2-4H3. The second-order valence-corrected chi connectivity index (χ2v) is 9.14. The molecular formula is C24H27N3O3S. The third-order valence-corrected chi connectivity index (χ3v) is 7.41. The van der Waals surface area contributed by atoms with Gasteiger partial charge >= 0.3 is 0 Å². The minimum atomic E-state index is -3.61. The molecule has 0 saturated carbocycles. The molecule has 1 aromatic heterocycles. The maximum atomic E-state index is 13.1. The molecule has 0 unspecified atom stereocenters. The minimum absolute atomic E-state index is 0.223. The lowest BCUT2D eigenvalue weighted by molar-refractivity contribution is 0.445. The molecule has 3 aromatic rings. The van der Waals surface area contributed by atoms with Crippen molar-refractivity contribution in [3.05, 3.63) is 88.2 Å². The smallest absolute Gasteiger partial charge is 0.267 e. The van der Waals surface area contributed by atoms with Crippen LogP contribution in [0.4, 0.5) is 0 Å².